The van der Waals surface area contributed by atoms with Crippen LogP contribution in [0.2, 0.25) is 10.0 Å². The van der Waals surface area contributed by atoms with Gasteiger partial charge in [-0.25, -0.2) is 4.98 Å². The Morgan fingerprint density at radius 2 is 1.95 bits per heavy atom. The molecule has 1 aromatic heterocycles. The van der Waals surface area contributed by atoms with Gasteiger partial charge in [0.05, 0.1) is 10.0 Å². The summed E-state index contributed by atoms with van der Waals surface area (Å²) in [5, 5.41) is 4.92. The van der Waals surface area contributed by atoms with Crippen molar-refractivity contribution < 1.29 is 0 Å². The Bertz CT molecular complexity index is 440. The highest BCUT2D eigenvalue weighted by molar-refractivity contribution is 6.36. The Labute approximate surface area is 124 Å². The number of aromatic nitrogens is 1. The zero-order valence-corrected chi connectivity index (χ0v) is 12.4. The molecule has 1 aliphatic heterocycles. The molecule has 5 heteroatoms. The molecule has 3 nitrogen and oxygen atoms in total. The average molecular weight is 300 g/mol. The molecule has 1 N–H and O–H groups in total. The summed E-state index contributed by atoms with van der Waals surface area (Å²) in [7, 11) is 0. The monoisotopic (exact) mass is 299 g/mol. The van der Waals surface area contributed by atoms with Crippen LogP contribution < -0.4 is 10.2 Å². The van der Waals surface area contributed by atoms with Crippen molar-refractivity contribution in [3.05, 3.63) is 22.3 Å². The molecule has 2 fully saturated rings. The Balaban J connectivity index is 1.53. The van der Waals surface area contributed by atoms with Crippen molar-refractivity contribution in [3.8, 4) is 0 Å². The maximum Gasteiger partial charge on any atom is 0.147 e. The molecule has 0 radical (unpaired) electrons. The number of anilines is 1. The molecule has 1 saturated carbocycles. The lowest BCUT2D eigenvalue weighted by molar-refractivity contribution is 0.407. The predicted octanol–water partition coefficient (Wildman–Crippen LogP) is 3.36. The molecule has 19 heavy (non-hydrogen) atoms. The van der Waals surface area contributed by atoms with Gasteiger partial charge in [0.25, 0.3) is 0 Å². The summed E-state index contributed by atoms with van der Waals surface area (Å²) in [5.41, 5.74) is 0. The number of piperidine rings is 1. The third-order valence-corrected chi connectivity index (χ3v) is 4.46. The summed E-state index contributed by atoms with van der Waals surface area (Å²) in [6.07, 6.45) is 6.81. The van der Waals surface area contributed by atoms with Gasteiger partial charge in [-0.15, -0.1) is 0 Å². The lowest BCUT2D eigenvalue weighted by Crippen LogP contribution is -2.43. The lowest BCUT2D eigenvalue weighted by Gasteiger charge is -2.33. The minimum Gasteiger partial charge on any atom is -0.355 e. The molecule has 2 heterocycles. The van der Waals surface area contributed by atoms with Crippen molar-refractivity contribution in [2.45, 2.75) is 31.7 Å². The lowest BCUT2D eigenvalue weighted by atomic mass is 10.0. The van der Waals surface area contributed by atoms with E-state index in [4.69, 9.17) is 23.2 Å². The molecular weight excluding hydrogens is 281 g/mol. The smallest absolute Gasteiger partial charge is 0.147 e. The fraction of sp³-hybridized carbons (Fsp3) is 0.643. The van der Waals surface area contributed by atoms with Gasteiger partial charge in [-0.1, -0.05) is 23.2 Å². The van der Waals surface area contributed by atoms with E-state index < -0.39 is 0 Å². The molecule has 0 unspecified atom stereocenters. The second-order valence-electron chi connectivity index (χ2n) is 5.57. The highest BCUT2D eigenvalue weighted by Crippen LogP contribution is 2.30. The molecule has 104 valence electrons. The second kappa shape index (κ2) is 5.86. The molecule has 0 aromatic carbocycles. The van der Waals surface area contributed by atoms with Crippen LogP contribution in [-0.2, 0) is 0 Å². The van der Waals surface area contributed by atoms with Crippen molar-refractivity contribution in [2.24, 2.45) is 5.92 Å². The molecular formula is C14H19Cl2N3. The molecule has 1 aliphatic carbocycles. The summed E-state index contributed by atoms with van der Waals surface area (Å²) in [4.78, 5) is 6.61. The molecule has 0 spiro atoms. The molecule has 3 rings (SSSR count). The van der Waals surface area contributed by atoms with Crippen molar-refractivity contribution in [1.82, 2.24) is 10.3 Å². The van der Waals surface area contributed by atoms with Gasteiger partial charge >= 0.3 is 0 Å². The summed E-state index contributed by atoms with van der Waals surface area (Å²) in [6, 6.07) is 2.42. The molecule has 2 aliphatic rings. The first-order valence-corrected chi connectivity index (χ1v) is 7.77. The van der Waals surface area contributed by atoms with Gasteiger partial charge in [0.2, 0.25) is 0 Å². The SMILES string of the molecule is Clc1cnc(N2CCC(NCC3CC3)CC2)c(Cl)c1. The number of pyridine rings is 1. The van der Waals surface area contributed by atoms with Crippen LogP contribution >= 0.6 is 23.2 Å². The van der Waals surface area contributed by atoms with Gasteiger partial charge in [0.1, 0.15) is 5.82 Å². The number of rotatable bonds is 4. The molecule has 0 amide bonds. The van der Waals surface area contributed by atoms with Gasteiger partial charge in [-0.05, 0) is 44.2 Å². The first kappa shape index (κ1) is 13.5. The van der Waals surface area contributed by atoms with Gasteiger partial charge in [-0.3, -0.25) is 0 Å². The molecule has 1 saturated heterocycles. The highest BCUT2D eigenvalue weighted by Gasteiger charge is 2.25. The second-order valence-corrected chi connectivity index (χ2v) is 6.42. The number of nitrogens with one attached hydrogen (secondary N) is 1. The largest absolute Gasteiger partial charge is 0.355 e. The van der Waals surface area contributed by atoms with Crippen molar-refractivity contribution in [1.29, 1.82) is 0 Å². The minimum absolute atomic E-state index is 0.592. The van der Waals surface area contributed by atoms with E-state index in [1.54, 1.807) is 12.3 Å². The van der Waals surface area contributed by atoms with Gasteiger partial charge in [0.15, 0.2) is 0 Å². The number of hydrogen-bond acceptors (Lipinski definition) is 3. The van der Waals surface area contributed by atoms with Crippen LogP contribution in [0.15, 0.2) is 12.3 Å². The summed E-state index contributed by atoms with van der Waals surface area (Å²) in [5.74, 6) is 1.82. The van der Waals surface area contributed by atoms with Crippen molar-refractivity contribution in [3.63, 3.8) is 0 Å². The van der Waals surface area contributed by atoms with Crippen LogP contribution in [-0.4, -0.2) is 30.7 Å². The Kier molecular flexibility index (Phi) is 4.15. The topological polar surface area (TPSA) is 28.2 Å². The third kappa shape index (κ3) is 3.53. The normalized spacial score (nSPS) is 20.8. The summed E-state index contributed by atoms with van der Waals surface area (Å²) < 4.78 is 0. The van der Waals surface area contributed by atoms with Crippen LogP contribution in [0.25, 0.3) is 0 Å². The fourth-order valence-corrected chi connectivity index (χ4v) is 3.09. The first-order chi connectivity index (χ1) is 9.22. The van der Waals surface area contributed by atoms with Crippen LogP contribution in [0.3, 0.4) is 0 Å². The number of halogens is 2. The van der Waals surface area contributed by atoms with Crippen LogP contribution in [0.5, 0.6) is 0 Å². The maximum absolute atomic E-state index is 6.21. The molecule has 0 atom stereocenters. The van der Waals surface area contributed by atoms with E-state index >= 15 is 0 Å². The van der Waals surface area contributed by atoms with E-state index in [0.29, 0.717) is 16.1 Å². The quantitative estimate of drug-likeness (QED) is 0.924. The average Bonchev–Trinajstić information content (AvgIpc) is 3.21. The van der Waals surface area contributed by atoms with E-state index in [2.05, 4.69) is 15.2 Å². The van der Waals surface area contributed by atoms with Crippen molar-refractivity contribution >= 4 is 29.0 Å². The number of nitrogens with zero attached hydrogens (tertiary/aromatic N) is 2. The van der Waals surface area contributed by atoms with Crippen LogP contribution in [0, 0.1) is 5.92 Å². The van der Waals surface area contributed by atoms with E-state index in [1.807, 2.05) is 0 Å². The third-order valence-electron chi connectivity index (χ3n) is 3.98. The van der Waals surface area contributed by atoms with Crippen molar-refractivity contribution in [2.75, 3.05) is 24.5 Å². The van der Waals surface area contributed by atoms with Crippen LogP contribution in [0.1, 0.15) is 25.7 Å². The first-order valence-electron chi connectivity index (χ1n) is 7.02. The Hall–Kier alpha value is -0.510. The van der Waals surface area contributed by atoms with E-state index in [0.717, 1.165) is 37.7 Å². The Morgan fingerprint density at radius 3 is 2.58 bits per heavy atom. The summed E-state index contributed by atoms with van der Waals surface area (Å²) >= 11 is 12.1. The maximum atomic E-state index is 6.21. The fourth-order valence-electron chi connectivity index (χ4n) is 2.59. The van der Waals surface area contributed by atoms with Crippen LogP contribution in [0.4, 0.5) is 5.82 Å². The zero-order valence-electron chi connectivity index (χ0n) is 10.9. The van der Waals surface area contributed by atoms with E-state index in [1.165, 1.54) is 19.4 Å². The molecule has 1 aromatic rings. The van der Waals surface area contributed by atoms with Gasteiger partial charge < -0.3 is 10.2 Å². The van der Waals surface area contributed by atoms with Gasteiger partial charge in [0, 0.05) is 25.3 Å². The molecule has 0 bridgehead atoms. The minimum atomic E-state index is 0.592. The number of hydrogen-bond donors (Lipinski definition) is 1. The highest BCUT2D eigenvalue weighted by atomic mass is 35.5. The zero-order chi connectivity index (χ0) is 13.2. The van der Waals surface area contributed by atoms with E-state index in [9.17, 15) is 0 Å². The standard InChI is InChI=1S/C14H19Cl2N3/c15-11-7-13(16)14(18-9-11)19-5-3-12(4-6-19)17-8-10-1-2-10/h7,9-10,12,17H,1-6,8H2. The van der Waals surface area contributed by atoms with E-state index in [-0.39, 0.29) is 0 Å². The Morgan fingerprint density at radius 1 is 1.21 bits per heavy atom. The van der Waals surface area contributed by atoms with Gasteiger partial charge in [-0.2, -0.15) is 0 Å². The predicted molar refractivity (Wildman–Crippen MR) is 80.2 cm³/mol. The summed E-state index contributed by atoms with van der Waals surface area (Å²) in [6.45, 7) is 3.22.